The summed E-state index contributed by atoms with van der Waals surface area (Å²) in [6.45, 7) is 7.90. The van der Waals surface area contributed by atoms with E-state index in [0.717, 1.165) is 82.5 Å². The monoisotopic (exact) mass is 544 g/mol. The van der Waals surface area contributed by atoms with Gasteiger partial charge in [-0.25, -0.2) is 0 Å². The van der Waals surface area contributed by atoms with Crippen LogP contribution in [-0.2, 0) is 11.3 Å². The van der Waals surface area contributed by atoms with E-state index >= 15 is 0 Å². The van der Waals surface area contributed by atoms with Gasteiger partial charge in [0.15, 0.2) is 0 Å². The molecule has 2 aliphatic heterocycles. The van der Waals surface area contributed by atoms with Gasteiger partial charge in [0.1, 0.15) is 0 Å². The van der Waals surface area contributed by atoms with E-state index in [1.165, 1.54) is 22.4 Å². The van der Waals surface area contributed by atoms with Crippen LogP contribution in [-0.4, -0.2) is 73.5 Å². The average Bonchev–Trinajstić information content (AvgIpc) is 3.29. The molecule has 8 heteroatoms. The highest BCUT2D eigenvalue weighted by Gasteiger charge is 2.26. The number of ether oxygens (including phenoxy) is 1. The molecule has 0 amide bonds. The van der Waals surface area contributed by atoms with E-state index in [2.05, 4.69) is 33.2 Å². The second kappa shape index (κ2) is 12.0. The Hall–Kier alpha value is -2.02. The van der Waals surface area contributed by atoms with E-state index in [4.69, 9.17) is 44.6 Å². The summed E-state index contributed by atoms with van der Waals surface area (Å²) in [5.41, 5.74) is 6.04. The van der Waals surface area contributed by atoms with Crippen molar-refractivity contribution in [2.24, 2.45) is 5.10 Å². The van der Waals surface area contributed by atoms with Crippen LogP contribution in [0.25, 0.3) is 6.08 Å². The molecule has 0 spiro atoms. The molecule has 5 rings (SSSR count). The van der Waals surface area contributed by atoms with Crippen molar-refractivity contribution in [3.8, 4) is 0 Å². The first-order valence-corrected chi connectivity index (χ1v) is 13.7. The topological polar surface area (TPSA) is 31.3 Å². The average molecular weight is 546 g/mol. The summed E-state index contributed by atoms with van der Waals surface area (Å²) in [4.78, 5) is 4.88. The van der Waals surface area contributed by atoms with E-state index < -0.39 is 0 Å². The SMILES string of the molecule is Clc1ccc(C=C2CCC(C=NN3CCN(Cc4ccccc4Cl)CC3)=C2N2CCOCC2)c(Cl)c1. The maximum absolute atomic E-state index is 6.49. The lowest BCUT2D eigenvalue weighted by Gasteiger charge is -2.33. The Kier molecular flexibility index (Phi) is 8.55. The van der Waals surface area contributed by atoms with Crippen LogP contribution in [0.5, 0.6) is 0 Å². The second-order valence-electron chi connectivity index (χ2n) is 9.37. The zero-order valence-corrected chi connectivity index (χ0v) is 22.6. The van der Waals surface area contributed by atoms with Gasteiger partial charge in [-0.3, -0.25) is 9.91 Å². The van der Waals surface area contributed by atoms with Gasteiger partial charge in [0.2, 0.25) is 0 Å². The van der Waals surface area contributed by atoms with Gasteiger partial charge < -0.3 is 9.64 Å². The van der Waals surface area contributed by atoms with Crippen LogP contribution >= 0.6 is 34.8 Å². The summed E-state index contributed by atoms with van der Waals surface area (Å²) in [5.74, 6) is 0. The maximum atomic E-state index is 6.49. The lowest BCUT2D eigenvalue weighted by atomic mass is 10.1. The van der Waals surface area contributed by atoms with Crippen molar-refractivity contribution in [2.45, 2.75) is 19.4 Å². The van der Waals surface area contributed by atoms with Crippen molar-refractivity contribution in [3.63, 3.8) is 0 Å². The predicted octanol–water partition coefficient (Wildman–Crippen LogP) is 6.21. The summed E-state index contributed by atoms with van der Waals surface area (Å²) in [6, 6.07) is 13.8. The van der Waals surface area contributed by atoms with Gasteiger partial charge in [-0.15, -0.1) is 0 Å². The van der Waals surface area contributed by atoms with Crippen molar-refractivity contribution in [2.75, 3.05) is 52.5 Å². The molecular weight excluding hydrogens is 515 g/mol. The molecule has 2 aromatic carbocycles. The molecule has 0 N–H and O–H groups in total. The highest BCUT2D eigenvalue weighted by atomic mass is 35.5. The molecule has 0 radical (unpaired) electrons. The molecule has 0 unspecified atom stereocenters. The fourth-order valence-corrected chi connectivity index (χ4v) is 5.67. The lowest BCUT2D eigenvalue weighted by Crippen LogP contribution is -2.43. The number of hydrogen-bond donors (Lipinski definition) is 0. The predicted molar refractivity (Wildman–Crippen MR) is 150 cm³/mol. The van der Waals surface area contributed by atoms with Crippen LogP contribution in [0.2, 0.25) is 15.1 Å². The molecule has 0 bridgehead atoms. The Morgan fingerprint density at radius 1 is 0.861 bits per heavy atom. The standard InChI is InChI=1S/C28H31Cl3N4O/c29-25-8-7-21(27(31)18-25)17-22-5-6-23(28(22)34-13-15-36-16-14-34)19-32-35-11-9-33(10-12-35)20-24-3-1-2-4-26(24)30/h1-4,7-8,17-19H,5-6,9-16,20H2. The van der Waals surface area contributed by atoms with E-state index in [-0.39, 0.29) is 0 Å². The van der Waals surface area contributed by atoms with E-state index in [9.17, 15) is 0 Å². The number of morpholine rings is 1. The van der Waals surface area contributed by atoms with Crippen LogP contribution < -0.4 is 0 Å². The number of allylic oxidation sites excluding steroid dienone is 2. The number of nitrogens with zero attached hydrogens (tertiary/aromatic N) is 4. The van der Waals surface area contributed by atoms with E-state index in [0.29, 0.717) is 10.0 Å². The smallest absolute Gasteiger partial charge is 0.0642 e. The molecule has 36 heavy (non-hydrogen) atoms. The molecule has 2 saturated heterocycles. The van der Waals surface area contributed by atoms with Gasteiger partial charge in [-0.05, 0) is 59.4 Å². The Morgan fingerprint density at radius 2 is 1.64 bits per heavy atom. The largest absolute Gasteiger partial charge is 0.378 e. The molecule has 0 saturated carbocycles. The maximum Gasteiger partial charge on any atom is 0.0642 e. The summed E-state index contributed by atoms with van der Waals surface area (Å²) >= 11 is 19.0. The molecule has 2 fully saturated rings. The first-order valence-electron chi connectivity index (χ1n) is 12.5. The zero-order chi connectivity index (χ0) is 24.9. The summed E-state index contributed by atoms with van der Waals surface area (Å²) in [5, 5.41) is 9.26. The molecule has 190 valence electrons. The van der Waals surface area contributed by atoms with Crippen molar-refractivity contribution in [1.82, 2.24) is 14.8 Å². The Bertz CT molecular complexity index is 1170. The van der Waals surface area contributed by atoms with Crippen molar-refractivity contribution in [3.05, 3.63) is 85.5 Å². The molecule has 0 atom stereocenters. The minimum absolute atomic E-state index is 0.650. The van der Waals surface area contributed by atoms with Gasteiger partial charge in [0, 0.05) is 66.6 Å². The summed E-state index contributed by atoms with van der Waals surface area (Å²) in [6.07, 6.45) is 6.23. The van der Waals surface area contributed by atoms with Crippen LogP contribution in [0.15, 0.2) is 64.4 Å². The third kappa shape index (κ3) is 6.27. The van der Waals surface area contributed by atoms with Crippen LogP contribution in [0.3, 0.4) is 0 Å². The fourth-order valence-electron chi connectivity index (χ4n) is 5.01. The van der Waals surface area contributed by atoms with Gasteiger partial charge >= 0.3 is 0 Å². The number of hydrogen-bond acceptors (Lipinski definition) is 5. The third-order valence-corrected chi connectivity index (χ3v) is 7.90. The molecule has 2 aromatic rings. The third-order valence-electron chi connectivity index (χ3n) is 6.97. The van der Waals surface area contributed by atoms with Gasteiger partial charge in [0.05, 0.1) is 19.4 Å². The molecule has 0 aromatic heterocycles. The molecular formula is C28H31Cl3N4O. The Labute approximate surface area is 228 Å². The summed E-state index contributed by atoms with van der Waals surface area (Å²) < 4.78 is 5.62. The highest BCUT2D eigenvalue weighted by Crippen LogP contribution is 2.36. The van der Waals surface area contributed by atoms with Crippen LogP contribution in [0.1, 0.15) is 24.0 Å². The van der Waals surface area contributed by atoms with Gasteiger partial charge in [0.25, 0.3) is 0 Å². The van der Waals surface area contributed by atoms with E-state index in [1.807, 2.05) is 30.3 Å². The molecule has 5 nitrogen and oxygen atoms in total. The number of benzene rings is 2. The Morgan fingerprint density at radius 3 is 2.39 bits per heavy atom. The van der Waals surface area contributed by atoms with Gasteiger partial charge in [-0.1, -0.05) is 59.1 Å². The van der Waals surface area contributed by atoms with Gasteiger partial charge in [-0.2, -0.15) is 5.10 Å². The van der Waals surface area contributed by atoms with Crippen LogP contribution in [0.4, 0.5) is 0 Å². The number of halogens is 3. The van der Waals surface area contributed by atoms with Crippen molar-refractivity contribution < 1.29 is 4.74 Å². The van der Waals surface area contributed by atoms with Crippen LogP contribution in [0, 0.1) is 0 Å². The minimum atomic E-state index is 0.650. The first kappa shape index (κ1) is 25.6. The molecule has 2 heterocycles. The fraction of sp³-hybridized carbons (Fsp3) is 0.393. The summed E-state index contributed by atoms with van der Waals surface area (Å²) in [7, 11) is 0. The molecule has 3 aliphatic rings. The van der Waals surface area contributed by atoms with Crippen molar-refractivity contribution in [1.29, 1.82) is 0 Å². The number of hydrazone groups is 1. The van der Waals surface area contributed by atoms with Crippen molar-refractivity contribution >= 4 is 47.1 Å². The minimum Gasteiger partial charge on any atom is -0.378 e. The molecule has 1 aliphatic carbocycles. The first-order chi connectivity index (χ1) is 17.6. The van der Waals surface area contributed by atoms with E-state index in [1.54, 1.807) is 6.07 Å². The quantitative estimate of drug-likeness (QED) is 0.404. The zero-order valence-electron chi connectivity index (χ0n) is 20.3. The Balaban J connectivity index is 1.29. The number of rotatable bonds is 6. The number of piperazine rings is 1. The highest BCUT2D eigenvalue weighted by molar-refractivity contribution is 6.35. The normalized spacial score (nSPS) is 20.8. The second-order valence-corrected chi connectivity index (χ2v) is 10.6. The lowest BCUT2D eigenvalue weighted by molar-refractivity contribution is 0.0548.